The van der Waals surface area contributed by atoms with Crippen LogP contribution >= 0.6 is 11.3 Å². The highest BCUT2D eigenvalue weighted by molar-refractivity contribution is 7.19. The number of thiophene rings is 1. The molecule has 5 nitrogen and oxygen atoms in total. The van der Waals surface area contributed by atoms with E-state index in [4.69, 9.17) is 0 Å². The number of para-hydroxylation sites is 1. The highest BCUT2D eigenvalue weighted by Gasteiger charge is 2.12. The van der Waals surface area contributed by atoms with Gasteiger partial charge in [-0.3, -0.25) is 10.0 Å². The summed E-state index contributed by atoms with van der Waals surface area (Å²) in [6, 6.07) is 20.9. The summed E-state index contributed by atoms with van der Waals surface area (Å²) < 4.78 is 0. The Hall–Kier alpha value is -2.96. The molecule has 3 rings (SSSR count). The largest absolute Gasteiger partial charge is 0.313 e. The topological polar surface area (TPSA) is 64.9 Å². The molecule has 0 aliphatic heterocycles. The summed E-state index contributed by atoms with van der Waals surface area (Å²) in [6.45, 7) is 0. The smallest absolute Gasteiger partial charge is 0.258 e. The van der Waals surface area contributed by atoms with Gasteiger partial charge < -0.3 is 5.32 Å². The van der Waals surface area contributed by atoms with Gasteiger partial charge in [0, 0.05) is 11.9 Å². The Balaban J connectivity index is 1.78. The summed E-state index contributed by atoms with van der Waals surface area (Å²) in [5.41, 5.74) is 2.04. The molecule has 2 N–H and O–H groups in total. The van der Waals surface area contributed by atoms with Crippen LogP contribution in [-0.4, -0.2) is 29.6 Å². The van der Waals surface area contributed by atoms with Crippen LogP contribution in [0.25, 0.3) is 10.4 Å². The molecule has 6 heteroatoms. The number of carbonyl (C=O) groups excluding carboxylic acids is 1. The van der Waals surface area contributed by atoms with Gasteiger partial charge in [0.25, 0.3) is 5.91 Å². The van der Waals surface area contributed by atoms with Crippen LogP contribution < -0.4 is 5.32 Å². The molecule has 3 aromatic rings. The molecule has 0 spiro atoms. The Kier molecular flexibility index (Phi) is 5.23. The van der Waals surface area contributed by atoms with Gasteiger partial charge in [-0.1, -0.05) is 42.5 Å². The average Bonchev–Trinajstić information content (AvgIpc) is 3.09. The van der Waals surface area contributed by atoms with Gasteiger partial charge in [-0.25, -0.2) is 10.1 Å². The predicted octanol–water partition coefficient (Wildman–Crippen LogP) is 4.65. The van der Waals surface area contributed by atoms with E-state index in [0.717, 1.165) is 20.5 Å². The van der Waals surface area contributed by atoms with Gasteiger partial charge >= 0.3 is 0 Å². The van der Waals surface area contributed by atoms with Crippen molar-refractivity contribution in [3.05, 3.63) is 72.3 Å². The minimum atomic E-state index is -0.241. The number of anilines is 1. The molecule has 1 heterocycles. The fourth-order valence-electron chi connectivity index (χ4n) is 2.27. The molecule has 0 unspecified atom stereocenters. The number of carbonyl (C=O) groups is 1. The van der Waals surface area contributed by atoms with Gasteiger partial charge in [0.1, 0.15) is 6.34 Å². The number of amides is 1. The maximum absolute atomic E-state index is 12.6. The third-order valence-corrected chi connectivity index (χ3v) is 4.46. The SMILES string of the molecule is CN(O)C=Nc1ccccc1C(=O)Nc1ccc(-c2ccccc2)s1. The molecular weight excluding hydrogens is 334 g/mol. The van der Waals surface area contributed by atoms with E-state index in [-0.39, 0.29) is 5.91 Å². The lowest BCUT2D eigenvalue weighted by molar-refractivity contribution is 0.0200. The molecule has 126 valence electrons. The van der Waals surface area contributed by atoms with Crippen LogP contribution in [0.4, 0.5) is 10.7 Å². The average molecular weight is 351 g/mol. The molecule has 25 heavy (non-hydrogen) atoms. The van der Waals surface area contributed by atoms with Crippen LogP contribution in [0.5, 0.6) is 0 Å². The van der Waals surface area contributed by atoms with E-state index in [9.17, 15) is 10.0 Å². The number of hydrogen-bond acceptors (Lipinski definition) is 4. The number of aliphatic imine (C=N–C) groups is 1. The zero-order chi connectivity index (χ0) is 17.6. The molecule has 0 radical (unpaired) electrons. The molecular formula is C19H17N3O2S. The first-order valence-electron chi connectivity index (χ1n) is 7.65. The van der Waals surface area contributed by atoms with E-state index in [1.54, 1.807) is 24.3 Å². The molecule has 0 saturated carbocycles. The lowest BCUT2D eigenvalue weighted by Gasteiger charge is -2.07. The van der Waals surface area contributed by atoms with Crippen molar-refractivity contribution >= 4 is 34.3 Å². The van der Waals surface area contributed by atoms with Crippen molar-refractivity contribution in [3.8, 4) is 10.4 Å². The number of hydrogen-bond donors (Lipinski definition) is 2. The normalized spacial score (nSPS) is 10.8. The van der Waals surface area contributed by atoms with Crippen molar-refractivity contribution in [2.75, 3.05) is 12.4 Å². The Morgan fingerprint density at radius 2 is 1.80 bits per heavy atom. The summed E-state index contributed by atoms with van der Waals surface area (Å²) in [4.78, 5) is 17.8. The second-order valence-electron chi connectivity index (χ2n) is 5.32. The highest BCUT2D eigenvalue weighted by atomic mass is 32.1. The summed E-state index contributed by atoms with van der Waals surface area (Å²) >= 11 is 1.51. The molecule has 0 aliphatic rings. The summed E-state index contributed by atoms with van der Waals surface area (Å²) in [6.07, 6.45) is 1.24. The van der Waals surface area contributed by atoms with Crippen LogP contribution in [-0.2, 0) is 0 Å². The third-order valence-electron chi connectivity index (χ3n) is 3.41. The number of benzene rings is 2. The highest BCUT2D eigenvalue weighted by Crippen LogP contribution is 2.31. The Morgan fingerprint density at radius 1 is 1.08 bits per heavy atom. The van der Waals surface area contributed by atoms with Crippen LogP contribution in [0.2, 0.25) is 0 Å². The van der Waals surface area contributed by atoms with Crippen molar-refractivity contribution in [3.63, 3.8) is 0 Å². The van der Waals surface area contributed by atoms with E-state index in [2.05, 4.69) is 10.3 Å². The summed E-state index contributed by atoms with van der Waals surface area (Å²) in [5.74, 6) is -0.241. The van der Waals surface area contributed by atoms with E-state index in [0.29, 0.717) is 11.3 Å². The van der Waals surface area contributed by atoms with Gasteiger partial charge in [-0.15, -0.1) is 11.3 Å². The fourth-order valence-corrected chi connectivity index (χ4v) is 3.17. The number of rotatable bonds is 5. The molecule has 0 fully saturated rings. The molecule has 0 bridgehead atoms. The van der Waals surface area contributed by atoms with Crippen molar-refractivity contribution in [1.82, 2.24) is 5.06 Å². The fraction of sp³-hybridized carbons (Fsp3) is 0.0526. The maximum atomic E-state index is 12.6. The van der Waals surface area contributed by atoms with Crippen LogP contribution in [0.15, 0.2) is 71.7 Å². The quantitative estimate of drug-likeness (QED) is 0.399. The Labute approximate surface area is 149 Å². The van der Waals surface area contributed by atoms with E-state index >= 15 is 0 Å². The third kappa shape index (κ3) is 4.32. The Bertz CT molecular complexity index is 888. The van der Waals surface area contributed by atoms with Gasteiger partial charge in [0.2, 0.25) is 0 Å². The Morgan fingerprint density at radius 3 is 2.56 bits per heavy atom. The van der Waals surface area contributed by atoms with Crippen LogP contribution in [0, 0.1) is 0 Å². The molecule has 0 aliphatic carbocycles. The minimum absolute atomic E-state index is 0.241. The first-order chi connectivity index (χ1) is 12.1. The van der Waals surface area contributed by atoms with Crippen LogP contribution in [0.1, 0.15) is 10.4 Å². The minimum Gasteiger partial charge on any atom is -0.313 e. The maximum Gasteiger partial charge on any atom is 0.258 e. The van der Waals surface area contributed by atoms with Crippen molar-refractivity contribution in [1.29, 1.82) is 0 Å². The van der Waals surface area contributed by atoms with Crippen LogP contribution in [0.3, 0.4) is 0 Å². The van der Waals surface area contributed by atoms with Gasteiger partial charge in [0.15, 0.2) is 0 Å². The molecule has 0 saturated heterocycles. The lowest BCUT2D eigenvalue weighted by atomic mass is 10.1. The summed E-state index contributed by atoms with van der Waals surface area (Å²) in [5, 5.41) is 13.7. The van der Waals surface area contributed by atoms with E-state index in [1.165, 1.54) is 24.7 Å². The number of nitrogens with zero attached hydrogens (tertiary/aromatic N) is 2. The second-order valence-corrected chi connectivity index (χ2v) is 6.40. The number of nitrogens with one attached hydrogen (secondary N) is 1. The zero-order valence-electron chi connectivity index (χ0n) is 13.6. The lowest BCUT2D eigenvalue weighted by Crippen LogP contribution is -2.12. The molecule has 1 aromatic heterocycles. The van der Waals surface area contributed by atoms with Crippen molar-refractivity contribution < 1.29 is 10.0 Å². The van der Waals surface area contributed by atoms with E-state index in [1.807, 2.05) is 42.5 Å². The molecule has 0 atom stereocenters. The molecule has 2 aromatic carbocycles. The predicted molar refractivity (Wildman–Crippen MR) is 102 cm³/mol. The van der Waals surface area contributed by atoms with Crippen molar-refractivity contribution in [2.45, 2.75) is 0 Å². The monoisotopic (exact) mass is 351 g/mol. The zero-order valence-corrected chi connectivity index (χ0v) is 14.4. The first kappa shape index (κ1) is 16.9. The number of hydroxylamine groups is 2. The molecule has 1 amide bonds. The second kappa shape index (κ2) is 7.74. The van der Waals surface area contributed by atoms with Crippen molar-refractivity contribution in [2.24, 2.45) is 4.99 Å². The van der Waals surface area contributed by atoms with Gasteiger partial charge in [-0.05, 0) is 29.8 Å². The summed E-state index contributed by atoms with van der Waals surface area (Å²) in [7, 11) is 1.45. The first-order valence-corrected chi connectivity index (χ1v) is 8.46. The standard InChI is InChI=1S/C19H17N3O2S/c1-22(24)13-20-16-10-6-5-9-15(16)19(23)21-18-12-11-17(25-18)14-7-3-2-4-8-14/h2-13,24H,1H3,(H,21,23). The van der Waals surface area contributed by atoms with Gasteiger partial charge in [-0.2, -0.15) is 0 Å². The van der Waals surface area contributed by atoms with E-state index < -0.39 is 0 Å². The van der Waals surface area contributed by atoms with Gasteiger partial charge in [0.05, 0.1) is 16.3 Å².